The van der Waals surface area contributed by atoms with Crippen molar-refractivity contribution in [1.29, 1.82) is 0 Å². The lowest BCUT2D eigenvalue weighted by molar-refractivity contribution is 0.415. The van der Waals surface area contributed by atoms with E-state index in [1.165, 1.54) is 12.1 Å². The van der Waals surface area contributed by atoms with Crippen LogP contribution in [0.3, 0.4) is 0 Å². The molecule has 0 spiro atoms. The Hall–Kier alpha value is -1.94. The molecular formula is C16H19FN2O. The Bertz CT molecular complexity index is 586. The molecule has 2 N–H and O–H groups in total. The monoisotopic (exact) mass is 274 g/mol. The zero-order valence-corrected chi connectivity index (χ0v) is 11.8. The van der Waals surface area contributed by atoms with Crippen molar-refractivity contribution in [2.24, 2.45) is 5.73 Å². The number of methoxy groups -OCH3 is 1. The van der Waals surface area contributed by atoms with E-state index in [9.17, 15) is 4.39 Å². The molecule has 1 atom stereocenters. The molecule has 0 fully saturated rings. The van der Waals surface area contributed by atoms with Crippen molar-refractivity contribution in [1.82, 2.24) is 4.98 Å². The predicted octanol–water partition coefficient (Wildman–Crippen LogP) is 3.35. The fourth-order valence-electron chi connectivity index (χ4n) is 2.20. The number of nitrogens with zero attached hydrogens (tertiary/aromatic N) is 1. The van der Waals surface area contributed by atoms with Crippen molar-refractivity contribution in [2.45, 2.75) is 19.3 Å². The summed E-state index contributed by atoms with van der Waals surface area (Å²) in [7, 11) is 1.57. The van der Waals surface area contributed by atoms with Crippen LogP contribution < -0.4 is 10.5 Å². The Labute approximate surface area is 118 Å². The first-order chi connectivity index (χ1) is 9.65. The van der Waals surface area contributed by atoms with Gasteiger partial charge < -0.3 is 10.5 Å². The Morgan fingerprint density at radius 2 is 2.10 bits per heavy atom. The molecule has 20 heavy (non-hydrogen) atoms. The summed E-state index contributed by atoms with van der Waals surface area (Å²) in [4.78, 5) is 4.25. The Morgan fingerprint density at radius 3 is 2.80 bits per heavy atom. The van der Waals surface area contributed by atoms with Crippen molar-refractivity contribution in [3.8, 4) is 16.9 Å². The highest BCUT2D eigenvalue weighted by atomic mass is 19.1. The Kier molecular flexibility index (Phi) is 4.69. The zero-order valence-electron chi connectivity index (χ0n) is 11.8. The molecule has 1 aromatic carbocycles. The number of rotatable bonds is 5. The summed E-state index contributed by atoms with van der Waals surface area (Å²) >= 11 is 0. The highest BCUT2D eigenvalue weighted by Gasteiger charge is 2.11. The maximum Gasteiger partial charge on any atom is 0.126 e. The molecule has 1 unspecified atom stereocenters. The van der Waals surface area contributed by atoms with E-state index >= 15 is 0 Å². The smallest absolute Gasteiger partial charge is 0.126 e. The van der Waals surface area contributed by atoms with Gasteiger partial charge in [0.15, 0.2) is 0 Å². The standard InChI is InChI=1S/C16H19FN2O/c1-11(5-6-18)12-7-13(10-19-9-12)15-8-14(17)3-4-16(15)20-2/h3-4,7-11H,5-6,18H2,1-2H3. The summed E-state index contributed by atoms with van der Waals surface area (Å²) < 4.78 is 18.7. The van der Waals surface area contributed by atoms with E-state index in [0.29, 0.717) is 23.8 Å². The summed E-state index contributed by atoms with van der Waals surface area (Å²) in [6, 6.07) is 6.50. The van der Waals surface area contributed by atoms with Gasteiger partial charge in [-0.1, -0.05) is 6.92 Å². The van der Waals surface area contributed by atoms with Gasteiger partial charge in [0.1, 0.15) is 11.6 Å². The molecule has 0 aliphatic rings. The van der Waals surface area contributed by atoms with E-state index in [4.69, 9.17) is 10.5 Å². The van der Waals surface area contributed by atoms with Crippen molar-refractivity contribution >= 4 is 0 Å². The summed E-state index contributed by atoms with van der Waals surface area (Å²) in [6.45, 7) is 2.74. The van der Waals surface area contributed by atoms with Gasteiger partial charge in [0.25, 0.3) is 0 Å². The van der Waals surface area contributed by atoms with Crippen LogP contribution in [0.5, 0.6) is 5.75 Å². The maximum absolute atomic E-state index is 13.5. The molecule has 0 aliphatic heterocycles. The topological polar surface area (TPSA) is 48.1 Å². The second-order valence-electron chi connectivity index (χ2n) is 4.83. The average Bonchev–Trinajstić information content (AvgIpc) is 2.47. The quantitative estimate of drug-likeness (QED) is 0.909. The lowest BCUT2D eigenvalue weighted by Gasteiger charge is -2.13. The summed E-state index contributed by atoms with van der Waals surface area (Å²) in [5.74, 6) is 0.671. The van der Waals surface area contributed by atoms with E-state index in [1.807, 2.05) is 12.3 Å². The number of pyridine rings is 1. The van der Waals surface area contributed by atoms with Gasteiger partial charge >= 0.3 is 0 Å². The molecule has 0 radical (unpaired) electrons. The first kappa shape index (κ1) is 14.5. The van der Waals surface area contributed by atoms with Crippen LogP contribution in [-0.2, 0) is 0 Å². The fraction of sp³-hybridized carbons (Fsp3) is 0.312. The highest BCUT2D eigenvalue weighted by Crippen LogP contribution is 2.32. The third-order valence-electron chi connectivity index (χ3n) is 3.40. The molecule has 2 aromatic rings. The average molecular weight is 274 g/mol. The van der Waals surface area contributed by atoms with E-state index in [2.05, 4.69) is 11.9 Å². The van der Waals surface area contributed by atoms with E-state index in [0.717, 1.165) is 17.5 Å². The predicted molar refractivity (Wildman–Crippen MR) is 78.3 cm³/mol. The van der Waals surface area contributed by atoms with Crippen LogP contribution in [0.1, 0.15) is 24.8 Å². The summed E-state index contributed by atoms with van der Waals surface area (Å²) in [5.41, 5.74) is 8.25. The fourth-order valence-corrected chi connectivity index (χ4v) is 2.20. The van der Waals surface area contributed by atoms with Gasteiger partial charge in [-0.3, -0.25) is 4.98 Å². The highest BCUT2D eigenvalue weighted by molar-refractivity contribution is 5.70. The van der Waals surface area contributed by atoms with Crippen LogP contribution in [-0.4, -0.2) is 18.6 Å². The Balaban J connectivity index is 2.43. The lowest BCUT2D eigenvalue weighted by Crippen LogP contribution is -2.05. The van der Waals surface area contributed by atoms with E-state index in [-0.39, 0.29) is 5.82 Å². The van der Waals surface area contributed by atoms with E-state index in [1.54, 1.807) is 19.4 Å². The molecule has 0 bridgehead atoms. The summed E-state index contributed by atoms with van der Waals surface area (Å²) in [6.07, 6.45) is 4.44. The molecule has 0 aliphatic carbocycles. The minimum atomic E-state index is -0.291. The van der Waals surface area contributed by atoms with Crippen LogP contribution in [0.4, 0.5) is 4.39 Å². The van der Waals surface area contributed by atoms with Crippen LogP contribution in [0, 0.1) is 5.82 Å². The van der Waals surface area contributed by atoms with Crippen molar-refractivity contribution < 1.29 is 9.13 Å². The minimum Gasteiger partial charge on any atom is -0.496 e. The van der Waals surface area contributed by atoms with Crippen molar-refractivity contribution in [3.63, 3.8) is 0 Å². The van der Waals surface area contributed by atoms with Gasteiger partial charge in [0.2, 0.25) is 0 Å². The van der Waals surface area contributed by atoms with Gasteiger partial charge in [-0.25, -0.2) is 4.39 Å². The lowest BCUT2D eigenvalue weighted by atomic mass is 9.96. The SMILES string of the molecule is COc1ccc(F)cc1-c1cncc(C(C)CCN)c1. The molecule has 106 valence electrons. The number of aromatic nitrogens is 1. The first-order valence-electron chi connectivity index (χ1n) is 6.64. The molecule has 0 saturated carbocycles. The third-order valence-corrected chi connectivity index (χ3v) is 3.40. The molecule has 1 heterocycles. The number of ether oxygens (including phenoxy) is 1. The molecule has 2 rings (SSSR count). The first-order valence-corrected chi connectivity index (χ1v) is 6.64. The van der Waals surface area contributed by atoms with Gasteiger partial charge in [-0.05, 0) is 48.7 Å². The van der Waals surface area contributed by atoms with E-state index < -0.39 is 0 Å². The van der Waals surface area contributed by atoms with Gasteiger partial charge in [-0.2, -0.15) is 0 Å². The molecule has 3 nitrogen and oxygen atoms in total. The molecule has 4 heteroatoms. The number of benzene rings is 1. The van der Waals surface area contributed by atoms with Gasteiger partial charge in [-0.15, -0.1) is 0 Å². The second kappa shape index (κ2) is 6.48. The number of halogens is 1. The second-order valence-corrected chi connectivity index (χ2v) is 4.83. The van der Waals surface area contributed by atoms with Crippen molar-refractivity contribution in [2.75, 3.05) is 13.7 Å². The number of nitrogens with two attached hydrogens (primary N) is 1. The minimum absolute atomic E-state index is 0.291. The Morgan fingerprint density at radius 1 is 1.30 bits per heavy atom. The van der Waals surface area contributed by atoms with Crippen LogP contribution in [0.15, 0.2) is 36.7 Å². The van der Waals surface area contributed by atoms with Crippen LogP contribution >= 0.6 is 0 Å². The number of hydrogen-bond donors (Lipinski definition) is 1. The molecular weight excluding hydrogens is 255 g/mol. The summed E-state index contributed by atoms with van der Waals surface area (Å²) in [5, 5.41) is 0. The maximum atomic E-state index is 13.5. The van der Waals surface area contributed by atoms with Gasteiger partial charge in [0, 0.05) is 23.5 Å². The normalized spacial score (nSPS) is 12.2. The largest absolute Gasteiger partial charge is 0.496 e. The third kappa shape index (κ3) is 3.14. The molecule has 1 aromatic heterocycles. The van der Waals surface area contributed by atoms with Crippen LogP contribution in [0.25, 0.3) is 11.1 Å². The molecule has 0 amide bonds. The number of hydrogen-bond acceptors (Lipinski definition) is 3. The van der Waals surface area contributed by atoms with Crippen LogP contribution in [0.2, 0.25) is 0 Å². The van der Waals surface area contributed by atoms with Gasteiger partial charge in [0.05, 0.1) is 7.11 Å². The molecule has 0 saturated heterocycles. The zero-order chi connectivity index (χ0) is 14.5. The van der Waals surface area contributed by atoms with Crippen molar-refractivity contribution in [3.05, 3.63) is 48.0 Å².